The highest BCUT2D eigenvalue weighted by Crippen LogP contribution is 2.45. The van der Waals surface area contributed by atoms with Gasteiger partial charge in [-0.3, -0.25) is 4.79 Å². The summed E-state index contributed by atoms with van der Waals surface area (Å²) in [6.07, 6.45) is -3.14. The maximum absolute atomic E-state index is 14.0. The van der Waals surface area contributed by atoms with Crippen LogP contribution in [0.5, 0.6) is 23.0 Å². The van der Waals surface area contributed by atoms with Gasteiger partial charge in [-0.25, -0.2) is 0 Å². The minimum Gasteiger partial charge on any atom is -0.544 e. The lowest BCUT2D eigenvalue weighted by Crippen LogP contribution is -2.67. The van der Waals surface area contributed by atoms with E-state index in [1.807, 2.05) is 30.3 Å². The number of Topliss-reactive ketones (excluding diaryl/α,β-unsaturated/α-hetero) is 1. The number of benzene rings is 2. The van der Waals surface area contributed by atoms with Crippen molar-refractivity contribution in [2.75, 3.05) is 6.61 Å². The lowest BCUT2D eigenvalue weighted by atomic mass is 9.95. The molecular formula is C39H70O10Si6. The summed E-state index contributed by atoms with van der Waals surface area (Å²) in [5.74, 6) is 2.11. The standard InChI is InChI=1S/C39H70O10Si6/c1-50(2,3)41-26-34-36(47-53(10,11)12)37(48-54(13,14)15)38(49-55(16,17)18)39(44-34)42-29-23-32-35(33(24-29)46-52(7,8)9)30(40)25-31(43-32)27-19-21-28(22-20-27)45-51(4,5)6/h19-24,31,34,36-39H,25-26H2,1-18H3. The monoisotopic (exact) mass is 866 g/mol. The van der Waals surface area contributed by atoms with Crippen LogP contribution >= 0.6 is 0 Å². The normalized spacial score (nSPS) is 24.2. The molecule has 2 aliphatic heterocycles. The number of rotatable bonds is 16. The molecule has 0 aliphatic carbocycles. The summed E-state index contributed by atoms with van der Waals surface area (Å²) in [5.41, 5.74) is 1.33. The summed E-state index contributed by atoms with van der Waals surface area (Å²) < 4.78 is 60.8. The highest BCUT2D eigenvalue weighted by molar-refractivity contribution is 6.72. The molecule has 1 saturated heterocycles. The Morgan fingerprint density at radius 1 is 0.600 bits per heavy atom. The third-order valence-corrected chi connectivity index (χ3v) is 13.7. The van der Waals surface area contributed by atoms with Gasteiger partial charge in [0.25, 0.3) is 0 Å². The zero-order valence-electron chi connectivity index (χ0n) is 36.9. The van der Waals surface area contributed by atoms with Crippen LogP contribution in [0.4, 0.5) is 0 Å². The molecule has 16 heteroatoms. The minimum absolute atomic E-state index is 0.0409. The van der Waals surface area contributed by atoms with Crippen molar-refractivity contribution >= 4 is 55.7 Å². The van der Waals surface area contributed by atoms with Crippen molar-refractivity contribution in [3.8, 4) is 23.0 Å². The van der Waals surface area contributed by atoms with Gasteiger partial charge in [0, 0.05) is 12.1 Å². The van der Waals surface area contributed by atoms with Crippen molar-refractivity contribution in [2.45, 2.75) is 161 Å². The fraction of sp³-hybridized carbons (Fsp3) is 0.667. The predicted octanol–water partition coefficient (Wildman–Crippen LogP) is 10.4. The molecule has 2 aromatic carbocycles. The second kappa shape index (κ2) is 16.9. The van der Waals surface area contributed by atoms with Crippen molar-refractivity contribution in [1.82, 2.24) is 0 Å². The Morgan fingerprint density at radius 2 is 1.13 bits per heavy atom. The van der Waals surface area contributed by atoms with E-state index < -0.39 is 86.7 Å². The van der Waals surface area contributed by atoms with Gasteiger partial charge < -0.3 is 40.8 Å². The number of carbonyl (C=O) groups excluding carboxylic acids is 1. The van der Waals surface area contributed by atoms with Gasteiger partial charge in [0.2, 0.25) is 22.9 Å². The predicted molar refractivity (Wildman–Crippen MR) is 236 cm³/mol. The molecule has 0 amide bonds. The molecule has 0 bridgehead atoms. The summed E-state index contributed by atoms with van der Waals surface area (Å²) in [6.45, 7) is 39.2. The number of ketones is 1. The number of fused-ring (bicyclic) bond motifs is 1. The molecule has 0 saturated carbocycles. The Balaban J connectivity index is 1.81. The summed E-state index contributed by atoms with van der Waals surface area (Å²) in [4.78, 5) is 14.0. The van der Waals surface area contributed by atoms with E-state index >= 15 is 0 Å². The second-order valence-electron chi connectivity index (χ2n) is 20.7. The molecule has 0 N–H and O–H groups in total. The molecule has 10 nitrogen and oxygen atoms in total. The van der Waals surface area contributed by atoms with Gasteiger partial charge in [-0.15, -0.1) is 0 Å². The first-order chi connectivity index (χ1) is 24.8. The van der Waals surface area contributed by atoms with E-state index in [4.69, 9.17) is 40.8 Å². The third-order valence-electron chi connectivity index (χ3n) is 8.04. The van der Waals surface area contributed by atoms with E-state index in [1.165, 1.54) is 0 Å². The Labute approximate surface area is 338 Å². The van der Waals surface area contributed by atoms with Crippen LogP contribution in [-0.2, 0) is 22.4 Å². The highest BCUT2D eigenvalue weighted by Gasteiger charge is 2.53. The number of ether oxygens (including phenoxy) is 3. The van der Waals surface area contributed by atoms with Gasteiger partial charge in [0.15, 0.2) is 39.1 Å². The van der Waals surface area contributed by atoms with Crippen molar-refractivity contribution in [3.05, 3.63) is 47.5 Å². The molecule has 0 radical (unpaired) electrons. The van der Waals surface area contributed by atoms with Crippen LogP contribution in [0.2, 0.25) is 118 Å². The summed E-state index contributed by atoms with van der Waals surface area (Å²) in [5, 5.41) is 0. The van der Waals surface area contributed by atoms with E-state index in [0.29, 0.717) is 29.4 Å². The number of hydrogen-bond acceptors (Lipinski definition) is 10. The van der Waals surface area contributed by atoms with Gasteiger partial charge in [-0.2, -0.15) is 0 Å². The van der Waals surface area contributed by atoms with E-state index in [-0.39, 0.29) is 12.2 Å². The molecule has 0 spiro atoms. The Morgan fingerprint density at radius 3 is 1.64 bits per heavy atom. The molecule has 6 atom stereocenters. The van der Waals surface area contributed by atoms with Gasteiger partial charge in [-0.05, 0) is 136 Å². The van der Waals surface area contributed by atoms with Crippen molar-refractivity contribution in [3.63, 3.8) is 0 Å². The van der Waals surface area contributed by atoms with Gasteiger partial charge in [0.05, 0.1) is 13.0 Å². The largest absolute Gasteiger partial charge is 0.544 e. The van der Waals surface area contributed by atoms with Crippen LogP contribution < -0.4 is 18.3 Å². The van der Waals surface area contributed by atoms with Crippen LogP contribution in [-0.4, -0.2) is 93.0 Å². The number of hydrogen-bond donors (Lipinski definition) is 0. The van der Waals surface area contributed by atoms with Gasteiger partial charge in [0.1, 0.15) is 59.1 Å². The summed E-state index contributed by atoms with van der Waals surface area (Å²) in [7, 11) is -12.4. The van der Waals surface area contributed by atoms with Crippen molar-refractivity contribution in [2.24, 2.45) is 0 Å². The zero-order valence-corrected chi connectivity index (χ0v) is 42.9. The molecule has 6 unspecified atom stereocenters. The minimum atomic E-state index is -2.21. The average molecular weight is 867 g/mol. The first-order valence-electron chi connectivity index (χ1n) is 19.7. The Bertz CT molecular complexity index is 1620. The van der Waals surface area contributed by atoms with Crippen LogP contribution in [0.15, 0.2) is 36.4 Å². The summed E-state index contributed by atoms with van der Waals surface area (Å²) >= 11 is 0. The maximum Gasteiger partial charge on any atom is 0.242 e. The molecule has 310 valence electrons. The quantitative estimate of drug-likeness (QED) is 0.152. The topological polar surface area (TPSA) is 100 Å². The van der Waals surface area contributed by atoms with E-state index in [2.05, 4.69) is 118 Å². The molecule has 2 heterocycles. The van der Waals surface area contributed by atoms with Crippen LogP contribution in [0.1, 0.15) is 28.4 Å². The zero-order chi connectivity index (χ0) is 41.5. The molecule has 2 aromatic rings. The summed E-state index contributed by atoms with van der Waals surface area (Å²) in [6, 6.07) is 11.5. The molecule has 4 rings (SSSR count). The Kier molecular flexibility index (Phi) is 14.2. The van der Waals surface area contributed by atoms with E-state index in [0.717, 1.165) is 11.3 Å². The molecule has 1 fully saturated rings. The van der Waals surface area contributed by atoms with E-state index in [1.54, 1.807) is 6.07 Å². The highest BCUT2D eigenvalue weighted by atomic mass is 28.4. The van der Waals surface area contributed by atoms with Gasteiger partial charge >= 0.3 is 0 Å². The first-order valence-corrected chi connectivity index (χ1v) is 40.2. The smallest absolute Gasteiger partial charge is 0.242 e. The average Bonchev–Trinajstić information content (AvgIpc) is 2.95. The van der Waals surface area contributed by atoms with Crippen LogP contribution in [0, 0.1) is 0 Å². The van der Waals surface area contributed by atoms with Crippen molar-refractivity contribution < 1.29 is 45.6 Å². The lowest BCUT2D eigenvalue weighted by Gasteiger charge is -2.50. The fourth-order valence-electron chi connectivity index (χ4n) is 6.37. The number of carbonyl (C=O) groups is 1. The van der Waals surface area contributed by atoms with E-state index in [9.17, 15) is 4.79 Å². The second-order valence-corrected chi connectivity index (χ2v) is 47.4. The lowest BCUT2D eigenvalue weighted by molar-refractivity contribution is -0.265. The van der Waals surface area contributed by atoms with Crippen LogP contribution in [0.25, 0.3) is 0 Å². The first kappa shape index (κ1) is 46.1. The SMILES string of the molecule is C[Si](C)(C)OCC1OC(Oc2cc3c(c(O[Si](C)(C)C)c2)C(=O)CC(c2ccc(O[Si](C)(C)C)cc2)O3)C(O[Si](C)(C)C)C(O[Si](C)(C)C)C1O[Si](C)(C)C. The maximum atomic E-state index is 14.0. The third kappa shape index (κ3) is 14.6. The fourth-order valence-corrected chi connectivity index (χ4v) is 11.9. The molecule has 0 aromatic heterocycles. The molecule has 55 heavy (non-hydrogen) atoms. The molecule has 2 aliphatic rings. The van der Waals surface area contributed by atoms with Crippen molar-refractivity contribution in [1.29, 1.82) is 0 Å². The van der Waals surface area contributed by atoms with Gasteiger partial charge in [-0.1, -0.05) is 12.1 Å². The molecular weight excluding hydrogens is 797 g/mol. The van der Waals surface area contributed by atoms with Crippen LogP contribution in [0.3, 0.4) is 0 Å². The Hall–Kier alpha value is -1.59.